The Hall–Kier alpha value is -2.13. The van der Waals surface area contributed by atoms with Gasteiger partial charge in [-0.05, 0) is 12.1 Å². The smallest absolute Gasteiger partial charge is 0.288 e. The molecule has 0 atom stereocenters. The maximum atomic E-state index is 11.9. The zero-order valence-corrected chi connectivity index (χ0v) is 11.4. The third kappa shape index (κ3) is 3.25. The fourth-order valence-corrected chi connectivity index (χ4v) is 2.25. The molecule has 0 radical (unpaired) electrons. The van der Waals surface area contributed by atoms with Crippen LogP contribution in [0, 0.1) is 10.1 Å². The SMILES string of the molecule is Nc1nc(SCC(=O)c2ccc(Cl)c([N+](=O)[O-])c2)n[nH]1. The lowest BCUT2D eigenvalue weighted by atomic mass is 10.1. The van der Waals surface area contributed by atoms with E-state index in [4.69, 9.17) is 17.3 Å². The number of nitro groups is 1. The predicted molar refractivity (Wildman–Crippen MR) is 74.0 cm³/mol. The summed E-state index contributed by atoms with van der Waals surface area (Å²) in [5, 5.41) is 17.3. The molecular formula is C10H8ClN5O3S. The molecule has 1 aromatic carbocycles. The van der Waals surface area contributed by atoms with Gasteiger partial charge in [-0.1, -0.05) is 23.4 Å². The van der Waals surface area contributed by atoms with E-state index in [9.17, 15) is 14.9 Å². The van der Waals surface area contributed by atoms with Crippen LogP contribution in [0.5, 0.6) is 0 Å². The molecular weight excluding hydrogens is 306 g/mol. The van der Waals surface area contributed by atoms with Crippen LogP contribution in [0.4, 0.5) is 11.6 Å². The van der Waals surface area contributed by atoms with Crippen LogP contribution < -0.4 is 5.73 Å². The number of nitrogens with two attached hydrogens (primary N) is 1. The first-order valence-electron chi connectivity index (χ1n) is 5.25. The van der Waals surface area contributed by atoms with Gasteiger partial charge in [-0.15, -0.1) is 5.10 Å². The number of thioether (sulfide) groups is 1. The molecule has 0 fully saturated rings. The molecule has 1 aromatic heterocycles. The molecule has 0 saturated heterocycles. The van der Waals surface area contributed by atoms with Crippen molar-refractivity contribution in [1.82, 2.24) is 15.2 Å². The van der Waals surface area contributed by atoms with Crippen molar-refractivity contribution in [2.45, 2.75) is 5.16 Å². The number of H-pyrrole nitrogens is 1. The summed E-state index contributed by atoms with van der Waals surface area (Å²) in [5.74, 6) is -0.101. The number of anilines is 1. The Bertz CT molecular complexity index is 675. The molecule has 0 aliphatic carbocycles. The molecule has 0 spiro atoms. The average molecular weight is 314 g/mol. The number of nitrogens with one attached hydrogen (secondary N) is 1. The van der Waals surface area contributed by atoms with Crippen molar-refractivity contribution >= 4 is 40.8 Å². The molecule has 10 heteroatoms. The van der Waals surface area contributed by atoms with Gasteiger partial charge in [0, 0.05) is 11.6 Å². The van der Waals surface area contributed by atoms with E-state index < -0.39 is 4.92 Å². The summed E-state index contributed by atoms with van der Waals surface area (Å²) in [6.07, 6.45) is 0. The van der Waals surface area contributed by atoms with Crippen molar-refractivity contribution in [3.05, 3.63) is 38.9 Å². The normalized spacial score (nSPS) is 10.4. The van der Waals surface area contributed by atoms with Crippen LogP contribution in [0.25, 0.3) is 0 Å². The molecule has 2 rings (SSSR count). The summed E-state index contributed by atoms with van der Waals surface area (Å²) in [5.41, 5.74) is 5.25. The molecule has 0 aliphatic heterocycles. The minimum atomic E-state index is -0.637. The molecule has 1 heterocycles. The molecule has 0 aliphatic rings. The fraction of sp³-hybridized carbons (Fsp3) is 0.100. The van der Waals surface area contributed by atoms with Gasteiger partial charge < -0.3 is 5.73 Å². The minimum Gasteiger partial charge on any atom is -0.368 e. The maximum Gasteiger partial charge on any atom is 0.288 e. The predicted octanol–water partition coefficient (Wildman–Crippen LogP) is 1.92. The summed E-state index contributed by atoms with van der Waals surface area (Å²) in [7, 11) is 0. The average Bonchev–Trinajstić information content (AvgIpc) is 2.82. The van der Waals surface area contributed by atoms with Crippen molar-refractivity contribution < 1.29 is 9.72 Å². The van der Waals surface area contributed by atoms with Crippen LogP contribution in [0.1, 0.15) is 10.4 Å². The molecule has 0 unspecified atom stereocenters. The van der Waals surface area contributed by atoms with Crippen molar-refractivity contribution in [3.8, 4) is 0 Å². The number of rotatable bonds is 5. The van der Waals surface area contributed by atoms with Gasteiger partial charge in [-0.2, -0.15) is 4.98 Å². The van der Waals surface area contributed by atoms with Crippen LogP contribution in [0.2, 0.25) is 5.02 Å². The second-order valence-corrected chi connectivity index (χ2v) is 4.99. The van der Waals surface area contributed by atoms with E-state index in [1.165, 1.54) is 12.1 Å². The summed E-state index contributed by atoms with van der Waals surface area (Å²) in [4.78, 5) is 25.9. The third-order valence-electron chi connectivity index (χ3n) is 2.28. The molecule has 0 bridgehead atoms. The number of carbonyl (C=O) groups excluding carboxylic acids is 1. The number of hydrogen-bond donors (Lipinski definition) is 2. The van der Waals surface area contributed by atoms with E-state index in [1.54, 1.807) is 0 Å². The lowest BCUT2D eigenvalue weighted by molar-refractivity contribution is -0.384. The number of nitro benzene ring substituents is 1. The Kier molecular flexibility index (Phi) is 4.20. The second kappa shape index (κ2) is 5.88. The third-order valence-corrected chi connectivity index (χ3v) is 3.45. The van der Waals surface area contributed by atoms with E-state index >= 15 is 0 Å². The number of ketones is 1. The first-order valence-corrected chi connectivity index (χ1v) is 6.61. The first-order chi connectivity index (χ1) is 9.47. The van der Waals surface area contributed by atoms with Crippen LogP contribution in [0.15, 0.2) is 23.4 Å². The number of aromatic amines is 1. The quantitative estimate of drug-likeness (QED) is 0.373. The van der Waals surface area contributed by atoms with E-state index in [1.807, 2.05) is 0 Å². The van der Waals surface area contributed by atoms with Gasteiger partial charge in [0.25, 0.3) is 5.69 Å². The highest BCUT2D eigenvalue weighted by atomic mass is 35.5. The highest BCUT2D eigenvalue weighted by molar-refractivity contribution is 7.99. The molecule has 20 heavy (non-hydrogen) atoms. The molecule has 2 aromatic rings. The monoisotopic (exact) mass is 313 g/mol. The van der Waals surface area contributed by atoms with E-state index in [-0.39, 0.29) is 33.8 Å². The van der Waals surface area contributed by atoms with Crippen LogP contribution in [-0.4, -0.2) is 31.6 Å². The number of halogens is 1. The van der Waals surface area contributed by atoms with Crippen molar-refractivity contribution in [2.75, 3.05) is 11.5 Å². The Morgan fingerprint density at radius 1 is 1.55 bits per heavy atom. The van der Waals surface area contributed by atoms with E-state index in [0.29, 0.717) is 5.16 Å². The molecule has 8 nitrogen and oxygen atoms in total. The molecule has 0 saturated carbocycles. The van der Waals surface area contributed by atoms with E-state index in [2.05, 4.69) is 15.2 Å². The Labute approximate surface area is 121 Å². The minimum absolute atomic E-state index is 0.0130. The molecule has 104 valence electrons. The lowest BCUT2D eigenvalue weighted by Gasteiger charge is -2.00. The number of benzene rings is 1. The van der Waals surface area contributed by atoms with Gasteiger partial charge in [0.2, 0.25) is 11.1 Å². The van der Waals surface area contributed by atoms with Gasteiger partial charge in [0.1, 0.15) is 5.02 Å². The van der Waals surface area contributed by atoms with Crippen LogP contribution in [0.3, 0.4) is 0 Å². The number of Topliss-reactive ketones (excluding diaryl/α,β-unsaturated/α-hetero) is 1. The first kappa shape index (κ1) is 14.3. The Balaban J connectivity index is 2.09. The van der Waals surface area contributed by atoms with Crippen molar-refractivity contribution in [3.63, 3.8) is 0 Å². The largest absolute Gasteiger partial charge is 0.368 e. The van der Waals surface area contributed by atoms with Gasteiger partial charge in [-0.3, -0.25) is 14.9 Å². The fourth-order valence-electron chi connectivity index (χ4n) is 1.36. The summed E-state index contributed by atoms with van der Waals surface area (Å²) in [6.45, 7) is 0. The second-order valence-electron chi connectivity index (χ2n) is 3.64. The zero-order chi connectivity index (χ0) is 14.7. The number of nitrogens with zero attached hydrogens (tertiary/aromatic N) is 3. The topological polar surface area (TPSA) is 128 Å². The Morgan fingerprint density at radius 3 is 2.90 bits per heavy atom. The summed E-state index contributed by atoms with van der Waals surface area (Å²) < 4.78 is 0. The van der Waals surface area contributed by atoms with Crippen LogP contribution >= 0.6 is 23.4 Å². The van der Waals surface area contributed by atoms with E-state index in [0.717, 1.165) is 17.8 Å². The van der Waals surface area contributed by atoms with Gasteiger partial charge in [0.15, 0.2) is 5.78 Å². The highest BCUT2D eigenvalue weighted by Gasteiger charge is 2.16. The summed E-state index contributed by atoms with van der Waals surface area (Å²) >= 11 is 6.75. The van der Waals surface area contributed by atoms with Crippen molar-refractivity contribution in [2.24, 2.45) is 0 Å². The molecule has 0 amide bonds. The van der Waals surface area contributed by atoms with Crippen molar-refractivity contribution in [1.29, 1.82) is 0 Å². The van der Waals surface area contributed by atoms with Gasteiger partial charge >= 0.3 is 0 Å². The Morgan fingerprint density at radius 2 is 2.30 bits per heavy atom. The highest BCUT2D eigenvalue weighted by Crippen LogP contribution is 2.26. The zero-order valence-electron chi connectivity index (χ0n) is 9.87. The number of hydrogen-bond acceptors (Lipinski definition) is 7. The van der Waals surface area contributed by atoms with Gasteiger partial charge in [-0.25, -0.2) is 5.10 Å². The molecule has 3 N–H and O–H groups in total. The number of nitrogen functional groups attached to an aromatic ring is 1. The number of aromatic nitrogens is 3. The maximum absolute atomic E-state index is 11.9. The lowest BCUT2D eigenvalue weighted by Crippen LogP contribution is -2.03. The van der Waals surface area contributed by atoms with Gasteiger partial charge in [0.05, 0.1) is 10.7 Å². The van der Waals surface area contributed by atoms with Crippen LogP contribution in [-0.2, 0) is 0 Å². The summed E-state index contributed by atoms with van der Waals surface area (Å²) in [6, 6.07) is 3.91. The standard InChI is InChI=1S/C10H8ClN5O3S/c11-6-2-1-5(3-7(6)16(18)19)8(17)4-20-10-13-9(12)14-15-10/h1-3H,4H2,(H3,12,13,14,15). The number of carbonyl (C=O) groups is 1.